The fourth-order valence-corrected chi connectivity index (χ4v) is 6.05. The number of benzene rings is 4. The molecule has 0 bridgehead atoms. The summed E-state index contributed by atoms with van der Waals surface area (Å²) in [5.74, 6) is 0.0805. The molecule has 1 aliphatic heterocycles. The quantitative estimate of drug-likeness (QED) is 0.237. The minimum absolute atomic E-state index is 0.0512. The second-order valence-corrected chi connectivity index (χ2v) is 10.9. The van der Waals surface area contributed by atoms with Gasteiger partial charge in [-0.3, -0.25) is 4.79 Å². The lowest BCUT2D eigenvalue weighted by Crippen LogP contribution is -2.43. The molecule has 43 heavy (non-hydrogen) atoms. The van der Waals surface area contributed by atoms with E-state index in [1.54, 1.807) is 30.2 Å². The number of carbonyl (C=O) groups excluding carboxylic acids is 2. The number of halogens is 1. The summed E-state index contributed by atoms with van der Waals surface area (Å²) in [6, 6.07) is 29.4. The first kappa shape index (κ1) is 28.2. The molecule has 0 radical (unpaired) electrons. The van der Waals surface area contributed by atoms with E-state index >= 15 is 0 Å². The smallest absolute Gasteiger partial charge is 0.407 e. The van der Waals surface area contributed by atoms with Crippen LogP contribution in [0.3, 0.4) is 0 Å². The van der Waals surface area contributed by atoms with E-state index in [2.05, 4.69) is 29.6 Å². The van der Waals surface area contributed by atoms with E-state index in [9.17, 15) is 14.0 Å². The summed E-state index contributed by atoms with van der Waals surface area (Å²) >= 11 is 0. The van der Waals surface area contributed by atoms with Crippen LogP contribution in [0.5, 0.6) is 5.75 Å². The summed E-state index contributed by atoms with van der Waals surface area (Å²) in [6.45, 7) is 0.277. The van der Waals surface area contributed by atoms with Crippen molar-refractivity contribution in [2.24, 2.45) is 0 Å². The average Bonchev–Trinajstić information content (AvgIpc) is 3.35. The monoisotopic (exact) mass is 576 g/mol. The van der Waals surface area contributed by atoms with Gasteiger partial charge in [0.25, 0.3) is 0 Å². The first-order valence-electron chi connectivity index (χ1n) is 14.5. The number of ether oxygens (including phenoxy) is 2. The lowest BCUT2D eigenvalue weighted by Gasteiger charge is -2.33. The Morgan fingerprint density at radius 2 is 1.56 bits per heavy atom. The van der Waals surface area contributed by atoms with Crippen molar-refractivity contribution >= 4 is 12.0 Å². The van der Waals surface area contributed by atoms with Gasteiger partial charge in [-0.2, -0.15) is 0 Å². The molecule has 1 aliphatic carbocycles. The molecule has 2 atom stereocenters. The normalized spacial score (nSPS) is 18.7. The molecule has 7 heteroatoms. The fourth-order valence-electron chi connectivity index (χ4n) is 6.05. The fraction of sp³-hybridized carbons (Fsp3) is 0.222. The van der Waals surface area contributed by atoms with Gasteiger partial charge in [-0.25, -0.2) is 9.18 Å². The maximum absolute atomic E-state index is 14.7. The van der Waals surface area contributed by atoms with Crippen molar-refractivity contribution in [3.8, 4) is 16.9 Å². The van der Waals surface area contributed by atoms with Gasteiger partial charge in [-0.15, -0.1) is 0 Å². The average molecular weight is 577 g/mol. The Balaban J connectivity index is 1.17. The van der Waals surface area contributed by atoms with E-state index < -0.39 is 18.2 Å². The Hall–Kier alpha value is -4.91. The second-order valence-electron chi connectivity index (χ2n) is 10.9. The van der Waals surface area contributed by atoms with Crippen LogP contribution < -0.4 is 10.1 Å². The highest BCUT2D eigenvalue weighted by molar-refractivity contribution is 5.80. The van der Waals surface area contributed by atoms with E-state index in [1.807, 2.05) is 60.7 Å². The molecule has 6 rings (SSSR count). The number of nitrogens with one attached hydrogen (secondary N) is 1. The first-order valence-corrected chi connectivity index (χ1v) is 14.5. The summed E-state index contributed by atoms with van der Waals surface area (Å²) in [5.41, 5.74) is 5.88. The molecule has 2 aliphatic rings. The van der Waals surface area contributed by atoms with Crippen LogP contribution in [0.2, 0.25) is 0 Å². The summed E-state index contributed by atoms with van der Waals surface area (Å²) in [7, 11) is 1.60. The van der Waals surface area contributed by atoms with Crippen LogP contribution in [0.4, 0.5) is 9.18 Å². The van der Waals surface area contributed by atoms with Gasteiger partial charge in [0.15, 0.2) is 0 Å². The third kappa shape index (κ3) is 6.02. The van der Waals surface area contributed by atoms with Gasteiger partial charge in [0, 0.05) is 30.5 Å². The van der Waals surface area contributed by atoms with Crippen LogP contribution in [-0.4, -0.2) is 36.7 Å². The van der Waals surface area contributed by atoms with Crippen molar-refractivity contribution in [2.75, 3.05) is 13.7 Å². The van der Waals surface area contributed by atoms with Crippen LogP contribution in [0, 0.1) is 5.82 Å². The molecule has 4 aromatic rings. The molecule has 0 saturated heterocycles. The molecule has 4 aromatic carbocycles. The Bertz CT molecular complexity index is 1610. The molecule has 218 valence electrons. The minimum Gasteiger partial charge on any atom is -0.497 e. The Labute approximate surface area is 250 Å². The van der Waals surface area contributed by atoms with Crippen molar-refractivity contribution in [1.82, 2.24) is 10.2 Å². The van der Waals surface area contributed by atoms with Crippen molar-refractivity contribution < 1.29 is 23.5 Å². The Morgan fingerprint density at radius 3 is 2.23 bits per heavy atom. The van der Waals surface area contributed by atoms with Crippen LogP contribution in [0.25, 0.3) is 11.1 Å². The number of rotatable bonds is 7. The van der Waals surface area contributed by atoms with Gasteiger partial charge in [-0.05, 0) is 52.4 Å². The van der Waals surface area contributed by atoms with Crippen molar-refractivity contribution in [2.45, 2.75) is 37.4 Å². The molecule has 0 fully saturated rings. The molecule has 0 spiro atoms. The number of carbonyl (C=O) groups is 2. The standard InChI is InChI=1S/C36H33FN2O4/c1-42-27-19-17-24(18-20-27)34-16-8-10-26(21-35(40)39(34)22-25-9-2-7-15-33(25)37)38-36(41)43-23-32-30-13-5-3-11-28(30)29-12-4-6-14-31(29)32/h2-9,11-20,26,32,34H,10,21-23H2,1H3,(H,38,41)/b16-8-. The molecule has 0 aromatic heterocycles. The van der Waals surface area contributed by atoms with E-state index in [-0.39, 0.29) is 37.2 Å². The third-order valence-electron chi connectivity index (χ3n) is 8.24. The van der Waals surface area contributed by atoms with Crippen LogP contribution >= 0.6 is 0 Å². The molecule has 2 amide bonds. The molecular formula is C36H33FN2O4. The highest BCUT2D eigenvalue weighted by Crippen LogP contribution is 2.44. The lowest BCUT2D eigenvalue weighted by atomic mass is 9.97. The molecule has 0 saturated carbocycles. The van der Waals surface area contributed by atoms with Crippen LogP contribution in [0.15, 0.2) is 109 Å². The Kier molecular flexibility index (Phi) is 8.22. The van der Waals surface area contributed by atoms with Crippen LogP contribution in [0.1, 0.15) is 47.1 Å². The second kappa shape index (κ2) is 12.5. The van der Waals surface area contributed by atoms with Crippen molar-refractivity contribution in [3.05, 3.63) is 137 Å². The zero-order valence-corrected chi connectivity index (χ0v) is 23.9. The van der Waals surface area contributed by atoms with E-state index in [1.165, 1.54) is 6.07 Å². The van der Waals surface area contributed by atoms with Crippen LogP contribution in [-0.2, 0) is 16.1 Å². The van der Waals surface area contributed by atoms with Gasteiger partial charge in [0.2, 0.25) is 5.91 Å². The van der Waals surface area contributed by atoms with Gasteiger partial charge in [0.1, 0.15) is 18.2 Å². The van der Waals surface area contributed by atoms with Gasteiger partial charge >= 0.3 is 6.09 Å². The highest BCUT2D eigenvalue weighted by Gasteiger charge is 2.31. The number of methoxy groups -OCH3 is 1. The van der Waals surface area contributed by atoms with Gasteiger partial charge in [-0.1, -0.05) is 91.0 Å². The largest absolute Gasteiger partial charge is 0.497 e. The van der Waals surface area contributed by atoms with E-state index in [0.717, 1.165) is 27.8 Å². The molecule has 1 N–H and O–H groups in total. The number of hydrogen-bond donors (Lipinski definition) is 1. The number of hydrogen-bond acceptors (Lipinski definition) is 4. The van der Waals surface area contributed by atoms with E-state index in [4.69, 9.17) is 9.47 Å². The predicted octanol–water partition coefficient (Wildman–Crippen LogP) is 7.16. The maximum Gasteiger partial charge on any atom is 0.407 e. The summed E-state index contributed by atoms with van der Waals surface area (Å²) in [5, 5.41) is 2.90. The predicted molar refractivity (Wildman–Crippen MR) is 163 cm³/mol. The minimum atomic E-state index is -0.569. The van der Waals surface area contributed by atoms with E-state index in [0.29, 0.717) is 17.7 Å². The SMILES string of the molecule is COc1ccc(C2/C=C\CC(NC(=O)OCC3c4ccccc4-c4ccccc43)CC(=O)N2Cc2ccccc2F)cc1. The van der Waals surface area contributed by atoms with Crippen molar-refractivity contribution in [1.29, 1.82) is 0 Å². The summed E-state index contributed by atoms with van der Waals surface area (Å²) in [6.07, 6.45) is 3.84. The summed E-state index contributed by atoms with van der Waals surface area (Å²) < 4.78 is 25.7. The van der Waals surface area contributed by atoms with Gasteiger partial charge < -0.3 is 19.7 Å². The number of nitrogens with zero attached hydrogens (tertiary/aromatic N) is 1. The Morgan fingerprint density at radius 1 is 0.907 bits per heavy atom. The zero-order valence-electron chi connectivity index (χ0n) is 23.9. The van der Waals surface area contributed by atoms with Gasteiger partial charge in [0.05, 0.1) is 13.2 Å². The number of amides is 2. The maximum atomic E-state index is 14.7. The summed E-state index contributed by atoms with van der Waals surface area (Å²) in [4.78, 5) is 28.4. The molecule has 2 unspecified atom stereocenters. The lowest BCUT2D eigenvalue weighted by molar-refractivity contribution is -0.134. The number of fused-ring (bicyclic) bond motifs is 3. The molecule has 6 nitrogen and oxygen atoms in total. The topological polar surface area (TPSA) is 67.9 Å². The first-order chi connectivity index (χ1) is 21.0. The van der Waals surface area contributed by atoms with Crippen molar-refractivity contribution in [3.63, 3.8) is 0 Å². The molecule has 1 heterocycles. The third-order valence-corrected chi connectivity index (χ3v) is 8.24. The number of alkyl carbamates (subject to hydrolysis) is 1. The molecular weight excluding hydrogens is 543 g/mol. The highest BCUT2D eigenvalue weighted by atomic mass is 19.1. The zero-order chi connectivity index (χ0) is 29.8.